The van der Waals surface area contributed by atoms with Crippen LogP contribution in [0.25, 0.3) is 0 Å². The van der Waals surface area contributed by atoms with Crippen LogP contribution in [0.1, 0.15) is 31.1 Å². The summed E-state index contributed by atoms with van der Waals surface area (Å²) in [6.07, 6.45) is 0. The predicted molar refractivity (Wildman–Crippen MR) is 73.9 cm³/mol. The molecular formula is C13H18FN3O3. The van der Waals surface area contributed by atoms with Crippen molar-refractivity contribution in [3.05, 3.63) is 33.6 Å². The van der Waals surface area contributed by atoms with Crippen LogP contribution >= 0.6 is 0 Å². The topological polar surface area (TPSA) is 89.5 Å². The molecule has 0 aromatic heterocycles. The summed E-state index contributed by atoms with van der Waals surface area (Å²) < 4.78 is 13.3. The van der Waals surface area contributed by atoms with Gasteiger partial charge < -0.3 is 10.6 Å². The Balaban J connectivity index is 3.21. The lowest BCUT2D eigenvalue weighted by Gasteiger charge is -2.26. The molecule has 1 amide bonds. The van der Waals surface area contributed by atoms with Crippen LogP contribution in [-0.2, 0) is 0 Å². The highest BCUT2D eigenvalue weighted by Gasteiger charge is 2.27. The van der Waals surface area contributed by atoms with Crippen LogP contribution in [0.4, 0.5) is 15.8 Å². The van der Waals surface area contributed by atoms with E-state index in [9.17, 15) is 19.3 Å². The number of halogens is 1. The summed E-state index contributed by atoms with van der Waals surface area (Å²) in [5.74, 6) is -1.47. The van der Waals surface area contributed by atoms with E-state index in [-0.39, 0.29) is 16.7 Å². The van der Waals surface area contributed by atoms with Gasteiger partial charge in [0, 0.05) is 13.6 Å². The Kier molecular flexibility index (Phi) is 4.32. The molecular weight excluding hydrogens is 265 g/mol. The summed E-state index contributed by atoms with van der Waals surface area (Å²) in [7, 11) is 1.54. The zero-order chi connectivity index (χ0) is 15.7. The molecule has 0 heterocycles. The van der Waals surface area contributed by atoms with Crippen molar-refractivity contribution in [2.45, 2.75) is 20.8 Å². The largest absolute Gasteiger partial charge is 0.396 e. The van der Waals surface area contributed by atoms with Gasteiger partial charge in [0.15, 0.2) is 5.82 Å². The molecule has 6 nitrogen and oxygen atoms in total. The Labute approximate surface area is 116 Å². The van der Waals surface area contributed by atoms with Gasteiger partial charge in [0.1, 0.15) is 5.56 Å². The van der Waals surface area contributed by atoms with Crippen LogP contribution in [-0.4, -0.2) is 29.3 Å². The lowest BCUT2D eigenvalue weighted by Crippen LogP contribution is -2.34. The quantitative estimate of drug-likeness (QED) is 0.524. The normalized spacial score (nSPS) is 11.2. The van der Waals surface area contributed by atoms with Gasteiger partial charge in [-0.05, 0) is 11.5 Å². The Bertz CT molecular complexity index is 553. The zero-order valence-corrected chi connectivity index (χ0v) is 11.9. The van der Waals surface area contributed by atoms with E-state index in [1.54, 1.807) is 0 Å². The van der Waals surface area contributed by atoms with Crippen LogP contribution in [0.2, 0.25) is 0 Å². The van der Waals surface area contributed by atoms with Gasteiger partial charge in [-0.15, -0.1) is 0 Å². The van der Waals surface area contributed by atoms with Gasteiger partial charge in [-0.1, -0.05) is 20.8 Å². The highest BCUT2D eigenvalue weighted by molar-refractivity contribution is 5.99. The van der Waals surface area contributed by atoms with Crippen LogP contribution in [0.5, 0.6) is 0 Å². The number of benzene rings is 1. The minimum absolute atomic E-state index is 0.162. The summed E-state index contributed by atoms with van der Waals surface area (Å²) >= 11 is 0. The fraction of sp³-hybridized carbons (Fsp3) is 0.462. The fourth-order valence-electron chi connectivity index (χ4n) is 1.89. The van der Waals surface area contributed by atoms with E-state index in [2.05, 4.69) is 0 Å². The maximum atomic E-state index is 13.3. The van der Waals surface area contributed by atoms with Crippen molar-refractivity contribution in [3.63, 3.8) is 0 Å². The number of rotatable bonds is 3. The average Bonchev–Trinajstić information content (AvgIpc) is 2.28. The van der Waals surface area contributed by atoms with Crippen molar-refractivity contribution in [1.29, 1.82) is 0 Å². The van der Waals surface area contributed by atoms with E-state index in [1.807, 2.05) is 20.8 Å². The lowest BCUT2D eigenvalue weighted by molar-refractivity contribution is -0.385. The molecule has 0 unspecified atom stereocenters. The first-order valence-corrected chi connectivity index (χ1v) is 6.02. The number of carbonyl (C=O) groups excluding carboxylic acids is 1. The highest BCUT2D eigenvalue weighted by atomic mass is 19.1. The monoisotopic (exact) mass is 283 g/mol. The van der Waals surface area contributed by atoms with Crippen LogP contribution in [0, 0.1) is 21.3 Å². The Morgan fingerprint density at radius 3 is 2.45 bits per heavy atom. The first-order valence-electron chi connectivity index (χ1n) is 6.02. The third-order valence-corrected chi connectivity index (χ3v) is 2.60. The molecule has 0 aliphatic carbocycles. The van der Waals surface area contributed by atoms with Crippen LogP contribution < -0.4 is 5.73 Å². The number of nitrogens with zero attached hydrogens (tertiary/aromatic N) is 2. The smallest absolute Gasteiger partial charge is 0.285 e. The van der Waals surface area contributed by atoms with Crippen molar-refractivity contribution in [1.82, 2.24) is 4.90 Å². The maximum Gasteiger partial charge on any atom is 0.285 e. The first kappa shape index (κ1) is 15.9. The SMILES string of the molecule is CN(CC(C)(C)C)C(=O)c1cc(N)c(F)cc1[N+](=O)[O-]. The second kappa shape index (κ2) is 5.44. The standard InChI is InChI=1S/C13H18FN3O3/c1-13(2,3)7-16(4)12(18)8-5-10(15)9(14)6-11(8)17(19)20/h5-6H,7,15H2,1-4H3. The van der Waals surface area contributed by atoms with E-state index >= 15 is 0 Å². The molecule has 110 valence electrons. The van der Waals surface area contributed by atoms with E-state index in [0.717, 1.165) is 6.07 Å². The highest BCUT2D eigenvalue weighted by Crippen LogP contribution is 2.26. The Morgan fingerprint density at radius 2 is 2.00 bits per heavy atom. The number of nitro benzene ring substituents is 1. The van der Waals surface area contributed by atoms with Crippen LogP contribution in [0.15, 0.2) is 12.1 Å². The molecule has 0 saturated heterocycles. The van der Waals surface area contributed by atoms with E-state index in [0.29, 0.717) is 12.6 Å². The predicted octanol–water partition coefficient (Wildman–Crippen LogP) is 2.43. The number of nitrogen functional groups attached to an aromatic ring is 1. The van der Waals surface area contributed by atoms with Crippen LogP contribution in [0.3, 0.4) is 0 Å². The van der Waals surface area contributed by atoms with Gasteiger partial charge in [-0.25, -0.2) is 4.39 Å². The molecule has 1 aromatic rings. The van der Waals surface area contributed by atoms with Crippen molar-refractivity contribution < 1.29 is 14.1 Å². The van der Waals surface area contributed by atoms with Crippen molar-refractivity contribution in [2.75, 3.05) is 19.3 Å². The summed E-state index contributed by atoms with van der Waals surface area (Å²) in [6, 6.07) is 1.68. The number of nitrogens with two attached hydrogens (primary N) is 1. The number of anilines is 1. The molecule has 0 atom stereocenters. The summed E-state index contributed by atoms with van der Waals surface area (Å²) in [6.45, 7) is 6.21. The van der Waals surface area contributed by atoms with Gasteiger partial charge >= 0.3 is 0 Å². The molecule has 0 bridgehead atoms. The average molecular weight is 283 g/mol. The molecule has 2 N–H and O–H groups in total. The molecule has 1 aromatic carbocycles. The number of hydrogen-bond donors (Lipinski definition) is 1. The van der Waals surface area contributed by atoms with Crippen molar-refractivity contribution >= 4 is 17.3 Å². The molecule has 7 heteroatoms. The summed E-state index contributed by atoms with van der Waals surface area (Å²) in [5.41, 5.74) is 4.15. The number of nitro groups is 1. The van der Waals surface area contributed by atoms with E-state index in [1.165, 1.54) is 11.9 Å². The summed E-state index contributed by atoms with van der Waals surface area (Å²) in [4.78, 5) is 23.7. The molecule has 0 radical (unpaired) electrons. The van der Waals surface area contributed by atoms with E-state index < -0.39 is 22.3 Å². The molecule has 0 spiro atoms. The number of amides is 1. The maximum absolute atomic E-state index is 13.3. The van der Waals surface area contributed by atoms with Gasteiger partial charge in [0.25, 0.3) is 11.6 Å². The zero-order valence-electron chi connectivity index (χ0n) is 11.9. The fourth-order valence-corrected chi connectivity index (χ4v) is 1.89. The third-order valence-electron chi connectivity index (χ3n) is 2.60. The molecule has 1 rings (SSSR count). The molecule has 0 aliphatic rings. The molecule has 0 aliphatic heterocycles. The second-order valence-corrected chi connectivity index (χ2v) is 5.87. The minimum atomic E-state index is -0.910. The lowest BCUT2D eigenvalue weighted by atomic mass is 9.96. The van der Waals surface area contributed by atoms with Gasteiger partial charge in [-0.2, -0.15) is 0 Å². The second-order valence-electron chi connectivity index (χ2n) is 5.87. The van der Waals surface area contributed by atoms with Crippen molar-refractivity contribution in [2.24, 2.45) is 5.41 Å². The third kappa shape index (κ3) is 3.66. The van der Waals surface area contributed by atoms with Crippen molar-refractivity contribution in [3.8, 4) is 0 Å². The molecule has 0 saturated carbocycles. The molecule has 0 fully saturated rings. The Morgan fingerprint density at radius 1 is 1.45 bits per heavy atom. The minimum Gasteiger partial charge on any atom is -0.396 e. The van der Waals surface area contributed by atoms with Gasteiger partial charge in [0.05, 0.1) is 16.7 Å². The van der Waals surface area contributed by atoms with Gasteiger partial charge in [-0.3, -0.25) is 14.9 Å². The first-order chi connectivity index (χ1) is 9.03. The number of carbonyl (C=O) groups is 1. The Hall–Kier alpha value is -2.18. The number of hydrogen-bond acceptors (Lipinski definition) is 4. The van der Waals surface area contributed by atoms with E-state index in [4.69, 9.17) is 5.73 Å². The summed E-state index contributed by atoms with van der Waals surface area (Å²) in [5, 5.41) is 10.9. The van der Waals surface area contributed by atoms with Gasteiger partial charge in [0.2, 0.25) is 0 Å². The molecule has 20 heavy (non-hydrogen) atoms.